The second-order valence-corrected chi connectivity index (χ2v) is 4.22. The van der Waals surface area contributed by atoms with E-state index in [0.29, 0.717) is 6.54 Å². The first-order valence-corrected chi connectivity index (χ1v) is 5.80. The Morgan fingerprint density at radius 1 is 1.47 bits per heavy atom. The number of hydrogen-bond donors (Lipinski definition) is 1. The first-order valence-electron chi connectivity index (χ1n) is 5.80. The molecule has 1 fully saturated rings. The number of aryl methyl sites for hydroxylation is 1. The first kappa shape index (κ1) is 12.4. The van der Waals surface area contributed by atoms with Crippen LogP contribution in [0, 0.1) is 0 Å². The topological polar surface area (TPSA) is 38.1 Å². The molecule has 1 aromatic rings. The van der Waals surface area contributed by atoms with Gasteiger partial charge in [-0.25, -0.2) is 4.98 Å². The molecule has 0 aromatic carbocycles. The van der Waals surface area contributed by atoms with Gasteiger partial charge in [-0.2, -0.15) is 13.2 Å². The lowest BCUT2D eigenvalue weighted by Gasteiger charge is -2.19. The molecular formula is C11H15F3N2O. The molecule has 1 N–H and O–H groups in total. The van der Waals surface area contributed by atoms with Crippen LogP contribution in [0.15, 0.2) is 4.42 Å². The van der Waals surface area contributed by atoms with Gasteiger partial charge in [-0.05, 0) is 19.4 Å². The van der Waals surface area contributed by atoms with E-state index in [1.165, 1.54) is 0 Å². The van der Waals surface area contributed by atoms with Crippen LogP contribution in [0.5, 0.6) is 0 Å². The maximum atomic E-state index is 12.7. The molecule has 0 radical (unpaired) electrons. The van der Waals surface area contributed by atoms with Gasteiger partial charge in [-0.1, -0.05) is 6.92 Å². The van der Waals surface area contributed by atoms with Crippen molar-refractivity contribution in [3.8, 4) is 0 Å². The summed E-state index contributed by atoms with van der Waals surface area (Å²) in [7, 11) is 0. The molecule has 96 valence electrons. The highest BCUT2D eigenvalue weighted by Gasteiger charge is 2.39. The first-order chi connectivity index (χ1) is 8.02. The van der Waals surface area contributed by atoms with Gasteiger partial charge in [0.25, 0.3) is 0 Å². The summed E-state index contributed by atoms with van der Waals surface area (Å²) in [6.07, 6.45) is -2.44. The Labute approximate surface area is 97.4 Å². The van der Waals surface area contributed by atoms with Crippen LogP contribution < -0.4 is 5.32 Å². The minimum atomic E-state index is -4.42. The standard InChI is InChI=1S/C11H15F3N2O/c1-2-8-9(11(12,13)14)16-10(17-8)7-4-3-5-15-6-7/h7,15H,2-6H2,1H3. The van der Waals surface area contributed by atoms with Crippen molar-refractivity contribution >= 4 is 0 Å². The highest BCUT2D eigenvalue weighted by Crippen LogP contribution is 2.34. The smallest absolute Gasteiger partial charge is 0.436 e. The van der Waals surface area contributed by atoms with E-state index in [0.717, 1.165) is 19.4 Å². The zero-order valence-corrected chi connectivity index (χ0v) is 9.60. The van der Waals surface area contributed by atoms with Gasteiger partial charge in [0.15, 0.2) is 11.6 Å². The van der Waals surface area contributed by atoms with Crippen molar-refractivity contribution in [1.82, 2.24) is 10.3 Å². The molecule has 1 aromatic heterocycles. The lowest BCUT2D eigenvalue weighted by molar-refractivity contribution is -0.141. The Kier molecular flexibility index (Phi) is 3.42. The van der Waals surface area contributed by atoms with Crippen molar-refractivity contribution in [2.75, 3.05) is 13.1 Å². The molecule has 1 aliphatic heterocycles. The Morgan fingerprint density at radius 3 is 2.71 bits per heavy atom. The van der Waals surface area contributed by atoms with Crippen LogP contribution in [0.1, 0.15) is 43.0 Å². The third-order valence-corrected chi connectivity index (χ3v) is 2.95. The normalized spacial score (nSPS) is 21.8. The van der Waals surface area contributed by atoms with Crippen LogP contribution in [0.4, 0.5) is 13.2 Å². The molecule has 2 rings (SSSR count). The van der Waals surface area contributed by atoms with Gasteiger partial charge < -0.3 is 9.73 Å². The van der Waals surface area contributed by atoms with Crippen LogP contribution in [0.25, 0.3) is 0 Å². The fourth-order valence-electron chi connectivity index (χ4n) is 2.07. The Morgan fingerprint density at radius 2 is 2.24 bits per heavy atom. The molecule has 0 bridgehead atoms. The number of halogens is 3. The Balaban J connectivity index is 2.27. The maximum absolute atomic E-state index is 12.7. The zero-order chi connectivity index (χ0) is 12.5. The number of hydrogen-bond acceptors (Lipinski definition) is 3. The predicted octanol–water partition coefficient (Wildman–Crippen LogP) is 2.72. The van der Waals surface area contributed by atoms with Gasteiger partial charge >= 0.3 is 6.18 Å². The number of rotatable bonds is 2. The molecule has 17 heavy (non-hydrogen) atoms. The molecule has 1 atom stereocenters. The molecule has 0 aliphatic carbocycles. The van der Waals surface area contributed by atoms with Crippen molar-refractivity contribution in [2.45, 2.75) is 38.3 Å². The van der Waals surface area contributed by atoms with E-state index in [9.17, 15) is 13.2 Å². The summed E-state index contributed by atoms with van der Waals surface area (Å²) in [5.41, 5.74) is -0.861. The van der Waals surface area contributed by atoms with E-state index in [1.54, 1.807) is 6.92 Å². The SMILES string of the molecule is CCc1oc(C2CCCNC2)nc1C(F)(F)F. The Bertz CT molecular complexity index is 381. The maximum Gasteiger partial charge on any atom is 0.436 e. The molecule has 1 aliphatic rings. The van der Waals surface area contributed by atoms with E-state index in [4.69, 9.17) is 4.42 Å². The van der Waals surface area contributed by atoms with E-state index >= 15 is 0 Å². The quantitative estimate of drug-likeness (QED) is 0.874. The third kappa shape index (κ3) is 2.62. The fraction of sp³-hybridized carbons (Fsp3) is 0.727. The van der Waals surface area contributed by atoms with E-state index in [-0.39, 0.29) is 24.0 Å². The number of piperidine rings is 1. The average Bonchev–Trinajstić information content (AvgIpc) is 2.74. The van der Waals surface area contributed by atoms with Gasteiger partial charge in [0.05, 0.1) is 0 Å². The second-order valence-electron chi connectivity index (χ2n) is 4.22. The van der Waals surface area contributed by atoms with Crippen molar-refractivity contribution < 1.29 is 17.6 Å². The van der Waals surface area contributed by atoms with Crippen LogP contribution in [0.2, 0.25) is 0 Å². The largest absolute Gasteiger partial charge is 0.445 e. The minimum Gasteiger partial charge on any atom is -0.445 e. The third-order valence-electron chi connectivity index (χ3n) is 2.95. The Hall–Kier alpha value is -1.04. The van der Waals surface area contributed by atoms with Gasteiger partial charge in [0.1, 0.15) is 5.76 Å². The number of aromatic nitrogens is 1. The summed E-state index contributed by atoms with van der Waals surface area (Å²) in [4.78, 5) is 3.64. The average molecular weight is 248 g/mol. The van der Waals surface area contributed by atoms with Crippen LogP contribution in [0.3, 0.4) is 0 Å². The second kappa shape index (κ2) is 4.68. The van der Waals surface area contributed by atoms with Crippen LogP contribution >= 0.6 is 0 Å². The van der Waals surface area contributed by atoms with Gasteiger partial charge in [-0.15, -0.1) is 0 Å². The van der Waals surface area contributed by atoms with Gasteiger partial charge in [-0.3, -0.25) is 0 Å². The van der Waals surface area contributed by atoms with E-state index < -0.39 is 11.9 Å². The van der Waals surface area contributed by atoms with Crippen LogP contribution in [-0.2, 0) is 12.6 Å². The van der Waals surface area contributed by atoms with Crippen molar-refractivity contribution in [1.29, 1.82) is 0 Å². The molecule has 0 amide bonds. The summed E-state index contributed by atoms with van der Waals surface area (Å²) < 4.78 is 43.3. The number of alkyl halides is 3. The van der Waals surface area contributed by atoms with E-state index in [2.05, 4.69) is 10.3 Å². The summed E-state index contributed by atoms with van der Waals surface area (Å²) in [5.74, 6) is 0.129. The zero-order valence-electron chi connectivity index (χ0n) is 9.60. The number of nitrogens with one attached hydrogen (secondary N) is 1. The summed E-state index contributed by atoms with van der Waals surface area (Å²) in [6.45, 7) is 3.18. The molecule has 1 saturated heterocycles. The van der Waals surface area contributed by atoms with Crippen molar-refractivity contribution in [3.05, 3.63) is 17.3 Å². The van der Waals surface area contributed by atoms with E-state index in [1.807, 2.05) is 0 Å². The fourth-order valence-corrected chi connectivity index (χ4v) is 2.07. The van der Waals surface area contributed by atoms with Crippen LogP contribution in [-0.4, -0.2) is 18.1 Å². The lowest BCUT2D eigenvalue weighted by Crippen LogP contribution is -2.28. The molecule has 0 saturated carbocycles. The van der Waals surface area contributed by atoms with Gasteiger partial charge in [0.2, 0.25) is 0 Å². The highest BCUT2D eigenvalue weighted by atomic mass is 19.4. The minimum absolute atomic E-state index is 0.0369. The molecule has 3 nitrogen and oxygen atoms in total. The summed E-state index contributed by atoms with van der Waals surface area (Å²) in [5, 5.41) is 3.14. The number of nitrogens with zero attached hydrogens (tertiary/aromatic N) is 1. The summed E-state index contributed by atoms with van der Waals surface area (Å²) >= 11 is 0. The van der Waals surface area contributed by atoms with Crippen molar-refractivity contribution in [3.63, 3.8) is 0 Å². The predicted molar refractivity (Wildman–Crippen MR) is 55.7 cm³/mol. The summed E-state index contributed by atoms with van der Waals surface area (Å²) in [6, 6.07) is 0. The monoisotopic (exact) mass is 248 g/mol. The van der Waals surface area contributed by atoms with Crippen molar-refractivity contribution in [2.24, 2.45) is 0 Å². The molecular weight excluding hydrogens is 233 g/mol. The number of oxazole rings is 1. The molecule has 2 heterocycles. The van der Waals surface area contributed by atoms with Gasteiger partial charge in [0, 0.05) is 18.9 Å². The lowest BCUT2D eigenvalue weighted by atomic mass is 10.00. The highest BCUT2D eigenvalue weighted by molar-refractivity contribution is 5.15. The molecule has 0 spiro atoms. The molecule has 6 heteroatoms. The molecule has 1 unspecified atom stereocenters.